The molecule has 2 rings (SSSR count). The lowest BCUT2D eigenvalue weighted by Gasteiger charge is -2.35. The van der Waals surface area contributed by atoms with E-state index in [0.29, 0.717) is 26.1 Å². The van der Waals surface area contributed by atoms with Gasteiger partial charge in [-0.3, -0.25) is 9.69 Å². The molecule has 6 heteroatoms. The highest BCUT2D eigenvalue weighted by atomic mass is 16.6. The quantitative estimate of drug-likeness (QED) is 0.920. The van der Waals surface area contributed by atoms with Crippen LogP contribution in [0.5, 0.6) is 0 Å². The van der Waals surface area contributed by atoms with Crippen molar-refractivity contribution in [1.82, 2.24) is 9.80 Å². The predicted molar refractivity (Wildman–Crippen MR) is 93.9 cm³/mol. The van der Waals surface area contributed by atoms with Gasteiger partial charge >= 0.3 is 6.09 Å². The molecule has 1 aromatic carbocycles. The van der Waals surface area contributed by atoms with E-state index in [1.54, 1.807) is 4.90 Å². The Morgan fingerprint density at radius 2 is 1.71 bits per heavy atom. The number of piperazine rings is 1. The maximum atomic E-state index is 12.0. The molecule has 1 heterocycles. The molecule has 132 valence electrons. The molecule has 0 unspecified atom stereocenters. The zero-order valence-corrected chi connectivity index (χ0v) is 14.7. The lowest BCUT2D eigenvalue weighted by atomic mass is 10.2. The molecule has 6 nitrogen and oxygen atoms in total. The van der Waals surface area contributed by atoms with Crippen LogP contribution in [-0.2, 0) is 9.53 Å². The van der Waals surface area contributed by atoms with Gasteiger partial charge in [0.05, 0.1) is 0 Å². The van der Waals surface area contributed by atoms with Crippen LogP contribution < -0.4 is 5.32 Å². The Bertz CT molecular complexity index is 546. The van der Waals surface area contributed by atoms with E-state index in [-0.39, 0.29) is 12.0 Å². The Kier molecular flexibility index (Phi) is 6.20. The summed E-state index contributed by atoms with van der Waals surface area (Å²) in [6, 6.07) is 9.45. The van der Waals surface area contributed by atoms with Gasteiger partial charge in [0.1, 0.15) is 5.60 Å². The second-order valence-electron chi connectivity index (χ2n) is 6.97. The highest BCUT2D eigenvalue weighted by Gasteiger charge is 2.25. The molecule has 1 saturated heterocycles. The van der Waals surface area contributed by atoms with E-state index in [2.05, 4.69) is 10.2 Å². The predicted octanol–water partition coefficient (Wildman–Crippen LogP) is 2.57. The minimum atomic E-state index is -0.469. The van der Waals surface area contributed by atoms with Crippen molar-refractivity contribution >= 4 is 17.7 Å². The van der Waals surface area contributed by atoms with Crippen LogP contribution in [-0.4, -0.2) is 60.1 Å². The second kappa shape index (κ2) is 8.15. The first-order valence-electron chi connectivity index (χ1n) is 8.39. The Balaban J connectivity index is 1.68. The van der Waals surface area contributed by atoms with Crippen LogP contribution >= 0.6 is 0 Å². The summed E-state index contributed by atoms with van der Waals surface area (Å²) in [5, 5.41) is 2.88. The maximum absolute atomic E-state index is 12.0. The van der Waals surface area contributed by atoms with Crippen LogP contribution in [0.3, 0.4) is 0 Å². The molecule has 0 aliphatic carbocycles. The van der Waals surface area contributed by atoms with Crippen LogP contribution in [0.15, 0.2) is 30.3 Å². The molecule has 1 aliphatic rings. The number of benzene rings is 1. The van der Waals surface area contributed by atoms with Crippen LogP contribution in [0.2, 0.25) is 0 Å². The lowest BCUT2D eigenvalue weighted by Crippen LogP contribution is -2.50. The molecule has 2 amide bonds. The number of anilines is 1. The number of amides is 2. The molecule has 1 fully saturated rings. The molecule has 0 saturated carbocycles. The van der Waals surface area contributed by atoms with Crippen molar-refractivity contribution in [3.05, 3.63) is 30.3 Å². The van der Waals surface area contributed by atoms with Gasteiger partial charge in [0.2, 0.25) is 5.91 Å². The molecular weight excluding hydrogens is 306 g/mol. The number of carbonyl (C=O) groups excluding carboxylic acids is 2. The molecule has 0 atom stereocenters. The van der Waals surface area contributed by atoms with E-state index in [9.17, 15) is 9.59 Å². The fourth-order valence-electron chi connectivity index (χ4n) is 2.49. The van der Waals surface area contributed by atoms with Gasteiger partial charge in [-0.2, -0.15) is 0 Å². The molecule has 24 heavy (non-hydrogen) atoms. The molecule has 1 N–H and O–H groups in total. The highest BCUT2D eigenvalue weighted by molar-refractivity contribution is 5.90. The van der Waals surface area contributed by atoms with Crippen molar-refractivity contribution in [3.63, 3.8) is 0 Å². The number of para-hydroxylation sites is 1. The Morgan fingerprint density at radius 3 is 2.29 bits per heavy atom. The topological polar surface area (TPSA) is 61.9 Å². The summed E-state index contributed by atoms with van der Waals surface area (Å²) in [7, 11) is 0. The number of carbonyl (C=O) groups is 2. The molecule has 1 aliphatic heterocycles. The normalized spacial score (nSPS) is 15.9. The fourth-order valence-corrected chi connectivity index (χ4v) is 2.49. The smallest absolute Gasteiger partial charge is 0.410 e. The van der Waals surface area contributed by atoms with Gasteiger partial charge < -0.3 is 15.0 Å². The molecule has 0 radical (unpaired) electrons. The monoisotopic (exact) mass is 333 g/mol. The van der Waals surface area contributed by atoms with Crippen LogP contribution in [0.4, 0.5) is 10.5 Å². The number of nitrogens with one attached hydrogen (secondary N) is 1. The number of hydrogen-bond acceptors (Lipinski definition) is 4. The van der Waals surface area contributed by atoms with Crippen molar-refractivity contribution in [2.24, 2.45) is 0 Å². The fraction of sp³-hybridized carbons (Fsp3) is 0.556. The molecule has 0 aromatic heterocycles. The summed E-state index contributed by atoms with van der Waals surface area (Å²) < 4.78 is 5.38. The first-order valence-corrected chi connectivity index (χ1v) is 8.39. The van der Waals surface area contributed by atoms with Gasteiger partial charge in [-0.25, -0.2) is 4.79 Å². The number of rotatable bonds is 4. The van der Waals surface area contributed by atoms with E-state index < -0.39 is 5.60 Å². The Hall–Kier alpha value is -2.08. The standard InChI is InChI=1S/C18H27N3O3/c1-18(2,3)24-17(23)21-13-11-20(12-14-21)10-9-16(22)19-15-7-5-4-6-8-15/h4-8H,9-14H2,1-3H3,(H,19,22). The summed E-state index contributed by atoms with van der Waals surface area (Å²) >= 11 is 0. The minimum Gasteiger partial charge on any atom is -0.444 e. The molecular formula is C18H27N3O3. The minimum absolute atomic E-state index is 0.00997. The zero-order chi connectivity index (χ0) is 17.6. The summed E-state index contributed by atoms with van der Waals surface area (Å²) in [6.07, 6.45) is 0.186. The lowest BCUT2D eigenvalue weighted by molar-refractivity contribution is -0.116. The van der Waals surface area contributed by atoms with Gasteiger partial charge in [-0.1, -0.05) is 18.2 Å². The third-order valence-corrected chi connectivity index (χ3v) is 3.74. The first kappa shape index (κ1) is 18.3. The largest absolute Gasteiger partial charge is 0.444 e. The third-order valence-electron chi connectivity index (χ3n) is 3.74. The Morgan fingerprint density at radius 1 is 1.08 bits per heavy atom. The van der Waals surface area contributed by atoms with Crippen molar-refractivity contribution in [3.8, 4) is 0 Å². The van der Waals surface area contributed by atoms with Gasteiger partial charge in [0, 0.05) is 44.8 Å². The van der Waals surface area contributed by atoms with E-state index in [1.807, 2.05) is 51.1 Å². The van der Waals surface area contributed by atoms with Crippen molar-refractivity contribution in [1.29, 1.82) is 0 Å². The van der Waals surface area contributed by atoms with Gasteiger partial charge in [0.25, 0.3) is 0 Å². The summed E-state index contributed by atoms with van der Waals surface area (Å²) in [6.45, 7) is 9.09. The average molecular weight is 333 g/mol. The van der Waals surface area contributed by atoms with E-state index >= 15 is 0 Å². The van der Waals surface area contributed by atoms with Gasteiger partial charge in [0.15, 0.2) is 0 Å². The van der Waals surface area contributed by atoms with E-state index in [4.69, 9.17) is 4.74 Å². The number of hydrogen-bond donors (Lipinski definition) is 1. The molecule has 0 spiro atoms. The average Bonchev–Trinajstić information content (AvgIpc) is 2.53. The van der Waals surface area contributed by atoms with Crippen molar-refractivity contribution < 1.29 is 14.3 Å². The molecule has 0 bridgehead atoms. The zero-order valence-electron chi connectivity index (χ0n) is 14.7. The van der Waals surface area contributed by atoms with Crippen LogP contribution in [0.25, 0.3) is 0 Å². The maximum Gasteiger partial charge on any atom is 0.410 e. The van der Waals surface area contributed by atoms with E-state index in [1.165, 1.54) is 0 Å². The van der Waals surface area contributed by atoms with Crippen LogP contribution in [0.1, 0.15) is 27.2 Å². The Labute approximate surface area is 143 Å². The summed E-state index contributed by atoms with van der Waals surface area (Å²) in [5.41, 5.74) is 0.348. The number of ether oxygens (including phenoxy) is 1. The van der Waals surface area contributed by atoms with Crippen molar-refractivity contribution in [2.75, 3.05) is 38.0 Å². The second-order valence-corrected chi connectivity index (χ2v) is 6.97. The van der Waals surface area contributed by atoms with Gasteiger partial charge in [-0.05, 0) is 32.9 Å². The third kappa shape index (κ3) is 6.20. The van der Waals surface area contributed by atoms with Crippen LogP contribution in [0, 0.1) is 0 Å². The number of nitrogens with zero attached hydrogens (tertiary/aromatic N) is 2. The molecule has 1 aromatic rings. The first-order chi connectivity index (χ1) is 11.3. The van der Waals surface area contributed by atoms with E-state index in [0.717, 1.165) is 18.8 Å². The SMILES string of the molecule is CC(C)(C)OC(=O)N1CCN(CCC(=O)Nc2ccccc2)CC1. The summed E-state index contributed by atoms with van der Waals surface area (Å²) in [5.74, 6) is 0.00997. The van der Waals surface area contributed by atoms with Crippen molar-refractivity contribution in [2.45, 2.75) is 32.8 Å². The highest BCUT2D eigenvalue weighted by Crippen LogP contribution is 2.12. The van der Waals surface area contributed by atoms with Gasteiger partial charge in [-0.15, -0.1) is 0 Å². The summed E-state index contributed by atoms with van der Waals surface area (Å²) in [4.78, 5) is 27.9.